The van der Waals surface area contributed by atoms with Crippen molar-refractivity contribution in [3.8, 4) is 0 Å². The van der Waals surface area contributed by atoms with Gasteiger partial charge in [0.2, 0.25) is 0 Å². The minimum Gasteiger partial charge on any atom is -0.423 e. The summed E-state index contributed by atoms with van der Waals surface area (Å²) in [5, 5.41) is 9.70. The van der Waals surface area contributed by atoms with Crippen LogP contribution in [0, 0.1) is 40.7 Å². The van der Waals surface area contributed by atoms with Gasteiger partial charge in [-0.25, -0.2) is 39.5 Å². The summed E-state index contributed by atoms with van der Waals surface area (Å²) in [4.78, 5) is 0. The molecule has 3 rings (SSSR count). The Hall–Kier alpha value is -2.47. The predicted octanol–water partition coefficient (Wildman–Crippen LogP) is 3.73. The second kappa shape index (κ2) is 6.61. The zero-order valence-electron chi connectivity index (χ0n) is 12.6. The zero-order chi connectivity index (χ0) is 20.2. The van der Waals surface area contributed by atoms with Crippen molar-refractivity contribution in [2.24, 2.45) is 0 Å². The summed E-state index contributed by atoms with van der Waals surface area (Å²) in [5.74, 6) is -19.4. The molecule has 2 aromatic carbocycles. The van der Waals surface area contributed by atoms with E-state index in [1.165, 1.54) is 0 Å². The minimum atomic E-state index is -2.96. The van der Waals surface area contributed by atoms with Crippen LogP contribution in [-0.2, 0) is 4.65 Å². The first kappa shape index (κ1) is 19.3. The molecule has 1 unspecified atom stereocenters. The fourth-order valence-electron chi connectivity index (χ4n) is 2.55. The van der Waals surface area contributed by atoms with Crippen molar-refractivity contribution in [1.82, 2.24) is 0 Å². The molecule has 1 aliphatic rings. The molecule has 2 nitrogen and oxygen atoms in total. The van der Waals surface area contributed by atoms with Gasteiger partial charge in [0.25, 0.3) is 0 Å². The zero-order valence-corrected chi connectivity index (χ0v) is 12.6. The molecule has 142 valence electrons. The first-order valence-electron chi connectivity index (χ1n) is 6.96. The van der Waals surface area contributed by atoms with E-state index in [1.54, 1.807) is 0 Å². The van der Waals surface area contributed by atoms with Gasteiger partial charge >= 0.3 is 7.12 Å². The topological polar surface area (TPSA) is 29.5 Å². The summed E-state index contributed by atoms with van der Waals surface area (Å²) >= 11 is 0. The highest BCUT2D eigenvalue weighted by molar-refractivity contribution is 6.60. The van der Waals surface area contributed by atoms with Crippen LogP contribution in [0.4, 0.5) is 39.5 Å². The van der Waals surface area contributed by atoms with E-state index in [1.807, 2.05) is 0 Å². The molecule has 0 bridgehead atoms. The highest BCUT2D eigenvalue weighted by Crippen LogP contribution is 2.45. The third kappa shape index (κ3) is 2.79. The van der Waals surface area contributed by atoms with Crippen LogP contribution in [0.15, 0.2) is 18.0 Å². The van der Waals surface area contributed by atoms with Gasteiger partial charge in [-0.2, -0.15) is 0 Å². The van der Waals surface area contributed by atoms with Gasteiger partial charge in [0.05, 0.1) is 11.0 Å². The number of hydrogen-bond acceptors (Lipinski definition) is 2. The lowest BCUT2D eigenvalue weighted by molar-refractivity contribution is 0.183. The molecule has 0 aromatic heterocycles. The van der Waals surface area contributed by atoms with Crippen LogP contribution in [0.5, 0.6) is 0 Å². The maximum Gasteiger partial charge on any atom is 0.498 e. The normalized spacial score (nSPS) is 16.1. The van der Waals surface area contributed by atoms with Crippen LogP contribution in [-0.4, -0.2) is 12.1 Å². The van der Waals surface area contributed by atoms with E-state index >= 15 is 0 Å². The quantitative estimate of drug-likeness (QED) is 0.370. The van der Waals surface area contributed by atoms with Gasteiger partial charge in [0.1, 0.15) is 6.10 Å². The van der Waals surface area contributed by atoms with Crippen molar-refractivity contribution in [1.29, 1.82) is 0 Å². The average molecular weight is 398 g/mol. The van der Waals surface area contributed by atoms with Crippen molar-refractivity contribution in [3.05, 3.63) is 69.8 Å². The number of halogens is 9. The van der Waals surface area contributed by atoms with Crippen LogP contribution in [0.25, 0.3) is 5.83 Å². The smallest absolute Gasteiger partial charge is 0.423 e. The lowest BCUT2D eigenvalue weighted by atomic mass is 9.77. The standard InChI is InChI=1S/C15H4BF9O2/c17-4-2-1-3-5(7(4)18)8(19)14(25)15(3)27-16(26)6-9(20)11(22)13(24)12(23)10(6)21/h1-2,15,26H. The Labute approximate surface area is 144 Å². The molecule has 0 radical (unpaired) electrons. The van der Waals surface area contributed by atoms with Gasteiger partial charge in [-0.1, -0.05) is 6.07 Å². The molecular formula is C15H4BF9O2. The molecule has 1 aliphatic carbocycles. The first-order valence-corrected chi connectivity index (χ1v) is 6.96. The fraction of sp³-hybridized carbons (Fsp3) is 0.0667. The van der Waals surface area contributed by atoms with E-state index in [0.29, 0.717) is 12.1 Å². The number of fused-ring (bicyclic) bond motifs is 1. The van der Waals surface area contributed by atoms with Gasteiger partial charge in [-0.15, -0.1) is 0 Å². The Morgan fingerprint density at radius 2 is 1.26 bits per heavy atom. The summed E-state index contributed by atoms with van der Waals surface area (Å²) in [6.07, 6.45) is -2.32. The van der Waals surface area contributed by atoms with Crippen LogP contribution in [0.2, 0.25) is 0 Å². The fourth-order valence-corrected chi connectivity index (χ4v) is 2.55. The van der Waals surface area contributed by atoms with Crippen molar-refractivity contribution in [2.45, 2.75) is 6.10 Å². The average Bonchev–Trinajstić information content (AvgIpc) is 2.86. The summed E-state index contributed by atoms with van der Waals surface area (Å²) in [6, 6.07) is 1.12. The molecule has 0 spiro atoms. The van der Waals surface area contributed by atoms with Gasteiger partial charge < -0.3 is 9.68 Å². The third-order valence-corrected chi connectivity index (χ3v) is 3.82. The van der Waals surface area contributed by atoms with Crippen molar-refractivity contribution in [2.75, 3.05) is 0 Å². The second-order valence-corrected chi connectivity index (χ2v) is 5.34. The van der Waals surface area contributed by atoms with E-state index in [2.05, 4.69) is 4.65 Å². The van der Waals surface area contributed by atoms with Gasteiger partial charge in [0, 0.05) is 0 Å². The monoisotopic (exact) mass is 398 g/mol. The molecule has 0 fully saturated rings. The molecule has 0 heterocycles. The van der Waals surface area contributed by atoms with E-state index in [-0.39, 0.29) is 0 Å². The SMILES string of the molecule is OB(OC1C(F)=C(F)c2c1ccc(F)c2F)c1c(F)c(F)c(F)c(F)c1F. The van der Waals surface area contributed by atoms with E-state index in [4.69, 9.17) is 0 Å². The Morgan fingerprint density at radius 3 is 1.81 bits per heavy atom. The van der Waals surface area contributed by atoms with Crippen LogP contribution in [0.3, 0.4) is 0 Å². The van der Waals surface area contributed by atoms with E-state index in [9.17, 15) is 44.5 Å². The van der Waals surface area contributed by atoms with Crippen molar-refractivity contribution < 1.29 is 49.2 Å². The van der Waals surface area contributed by atoms with Crippen LogP contribution < -0.4 is 5.46 Å². The Bertz CT molecular complexity index is 963. The third-order valence-electron chi connectivity index (χ3n) is 3.82. The largest absolute Gasteiger partial charge is 0.498 e. The van der Waals surface area contributed by atoms with Crippen molar-refractivity contribution in [3.63, 3.8) is 0 Å². The van der Waals surface area contributed by atoms with Crippen molar-refractivity contribution >= 4 is 18.4 Å². The lowest BCUT2D eigenvalue weighted by Gasteiger charge is -2.17. The summed E-state index contributed by atoms with van der Waals surface area (Å²) in [5.41, 5.74) is -3.76. The summed E-state index contributed by atoms with van der Waals surface area (Å²) < 4.78 is 126. The molecule has 12 heteroatoms. The van der Waals surface area contributed by atoms with Gasteiger partial charge in [-0.05, 0) is 11.6 Å². The maximum absolute atomic E-state index is 14.0. The summed E-state index contributed by atoms with van der Waals surface area (Å²) in [6.45, 7) is 0. The molecule has 2 aromatic rings. The van der Waals surface area contributed by atoms with Crippen LogP contribution in [0.1, 0.15) is 17.2 Å². The lowest BCUT2D eigenvalue weighted by Crippen LogP contribution is -2.41. The van der Waals surface area contributed by atoms with Crippen LogP contribution >= 0.6 is 0 Å². The highest BCUT2D eigenvalue weighted by Gasteiger charge is 2.42. The Morgan fingerprint density at radius 1 is 0.741 bits per heavy atom. The number of rotatable bonds is 3. The highest BCUT2D eigenvalue weighted by atomic mass is 19.2. The molecule has 0 saturated heterocycles. The number of hydrogen-bond donors (Lipinski definition) is 1. The predicted molar refractivity (Wildman–Crippen MR) is 73.2 cm³/mol. The molecule has 1 atom stereocenters. The molecule has 0 saturated carbocycles. The second-order valence-electron chi connectivity index (χ2n) is 5.34. The van der Waals surface area contributed by atoms with Gasteiger partial charge in [-0.3, -0.25) is 0 Å². The Kier molecular flexibility index (Phi) is 4.72. The molecular weight excluding hydrogens is 394 g/mol. The maximum atomic E-state index is 14.0. The molecule has 1 N–H and O–H groups in total. The van der Waals surface area contributed by atoms with E-state index in [0.717, 1.165) is 0 Å². The van der Waals surface area contributed by atoms with Gasteiger partial charge in [0.15, 0.2) is 52.4 Å². The number of benzene rings is 2. The minimum absolute atomic E-state index is 0.460. The molecule has 0 aliphatic heterocycles. The van der Waals surface area contributed by atoms with E-state index < -0.39 is 82.2 Å². The molecule has 0 amide bonds. The Balaban J connectivity index is 2.05. The summed E-state index contributed by atoms with van der Waals surface area (Å²) in [7, 11) is -2.96. The first-order chi connectivity index (χ1) is 12.6. The molecule has 27 heavy (non-hydrogen) atoms.